The maximum atomic E-state index is 12.0. The third kappa shape index (κ3) is 4.21. The molecule has 0 bridgehead atoms. The van der Waals surface area contributed by atoms with Gasteiger partial charge in [-0.05, 0) is 51.9 Å². The van der Waals surface area contributed by atoms with E-state index in [9.17, 15) is 4.79 Å². The lowest BCUT2D eigenvalue weighted by atomic mass is 10.1. The normalized spacial score (nSPS) is 10.2. The fourth-order valence-electron chi connectivity index (χ4n) is 1.66. The van der Waals surface area contributed by atoms with Crippen LogP contribution < -0.4 is 5.32 Å². The second-order valence-corrected chi connectivity index (χ2v) is 5.66. The van der Waals surface area contributed by atoms with E-state index in [0.29, 0.717) is 18.0 Å². The standard InChI is InChI=1S/C15H13ClINO/c16-9-11-4-6-12(7-5-11)10-18-15(19)13-2-1-3-14(17)8-13/h1-8H,9-10H2,(H,18,19). The first-order chi connectivity index (χ1) is 9.19. The molecule has 0 heterocycles. The zero-order valence-electron chi connectivity index (χ0n) is 10.2. The van der Waals surface area contributed by atoms with Crippen LogP contribution >= 0.6 is 34.2 Å². The predicted molar refractivity (Wildman–Crippen MR) is 86.3 cm³/mol. The molecule has 1 N–H and O–H groups in total. The van der Waals surface area contributed by atoms with Gasteiger partial charge in [0.2, 0.25) is 0 Å². The van der Waals surface area contributed by atoms with Crippen molar-refractivity contribution >= 4 is 40.1 Å². The highest BCUT2D eigenvalue weighted by atomic mass is 127. The molecule has 0 radical (unpaired) electrons. The molecule has 98 valence electrons. The van der Waals surface area contributed by atoms with Crippen LogP contribution in [-0.2, 0) is 12.4 Å². The van der Waals surface area contributed by atoms with Crippen LogP contribution in [0.25, 0.3) is 0 Å². The summed E-state index contributed by atoms with van der Waals surface area (Å²) in [6.45, 7) is 0.521. The molecule has 19 heavy (non-hydrogen) atoms. The quantitative estimate of drug-likeness (QED) is 0.626. The SMILES string of the molecule is O=C(NCc1ccc(CCl)cc1)c1cccc(I)c1. The zero-order chi connectivity index (χ0) is 13.7. The molecule has 0 atom stereocenters. The lowest BCUT2D eigenvalue weighted by Crippen LogP contribution is -2.22. The smallest absolute Gasteiger partial charge is 0.251 e. The number of nitrogens with one attached hydrogen (secondary N) is 1. The van der Waals surface area contributed by atoms with E-state index in [1.54, 1.807) is 0 Å². The van der Waals surface area contributed by atoms with Crippen molar-refractivity contribution in [2.75, 3.05) is 0 Å². The van der Waals surface area contributed by atoms with Crippen molar-refractivity contribution in [1.82, 2.24) is 5.32 Å². The van der Waals surface area contributed by atoms with Crippen LogP contribution in [0.2, 0.25) is 0 Å². The minimum atomic E-state index is -0.0556. The lowest BCUT2D eigenvalue weighted by Gasteiger charge is -2.06. The van der Waals surface area contributed by atoms with Crippen LogP contribution in [0.5, 0.6) is 0 Å². The van der Waals surface area contributed by atoms with Crippen LogP contribution in [0.1, 0.15) is 21.5 Å². The molecule has 0 saturated carbocycles. The van der Waals surface area contributed by atoms with Gasteiger partial charge in [-0.25, -0.2) is 0 Å². The molecule has 0 saturated heterocycles. The Hall–Kier alpha value is -1.07. The number of halogens is 2. The first-order valence-electron chi connectivity index (χ1n) is 5.86. The first-order valence-corrected chi connectivity index (χ1v) is 7.48. The second kappa shape index (κ2) is 6.91. The van der Waals surface area contributed by atoms with Crippen molar-refractivity contribution in [3.8, 4) is 0 Å². The minimum absolute atomic E-state index is 0.0556. The van der Waals surface area contributed by atoms with Crippen LogP contribution in [0, 0.1) is 3.57 Å². The van der Waals surface area contributed by atoms with E-state index < -0.39 is 0 Å². The Morgan fingerprint density at radius 2 is 1.79 bits per heavy atom. The summed E-state index contributed by atoms with van der Waals surface area (Å²) in [5.41, 5.74) is 2.83. The van der Waals surface area contributed by atoms with Gasteiger partial charge < -0.3 is 5.32 Å². The summed E-state index contributed by atoms with van der Waals surface area (Å²) in [6, 6.07) is 15.4. The number of rotatable bonds is 4. The summed E-state index contributed by atoms with van der Waals surface area (Å²) < 4.78 is 1.05. The highest BCUT2D eigenvalue weighted by Gasteiger charge is 2.05. The number of hydrogen-bond acceptors (Lipinski definition) is 1. The van der Waals surface area contributed by atoms with Gasteiger partial charge in [-0.1, -0.05) is 30.3 Å². The van der Waals surface area contributed by atoms with Gasteiger partial charge in [0.05, 0.1) is 0 Å². The third-order valence-corrected chi connectivity index (χ3v) is 3.70. The molecule has 2 rings (SSSR count). The van der Waals surface area contributed by atoms with Gasteiger partial charge in [-0.15, -0.1) is 11.6 Å². The molecule has 0 unspecified atom stereocenters. The Morgan fingerprint density at radius 1 is 1.11 bits per heavy atom. The summed E-state index contributed by atoms with van der Waals surface area (Å²) in [5.74, 6) is 0.453. The van der Waals surface area contributed by atoms with Crippen LogP contribution in [0.4, 0.5) is 0 Å². The van der Waals surface area contributed by atoms with Gasteiger partial charge in [0.25, 0.3) is 5.91 Å². The van der Waals surface area contributed by atoms with E-state index in [1.807, 2.05) is 48.5 Å². The summed E-state index contributed by atoms with van der Waals surface area (Å²) in [7, 11) is 0. The molecule has 0 aliphatic carbocycles. The minimum Gasteiger partial charge on any atom is -0.348 e. The fraction of sp³-hybridized carbons (Fsp3) is 0.133. The van der Waals surface area contributed by atoms with Crippen molar-refractivity contribution < 1.29 is 4.79 Å². The van der Waals surface area contributed by atoms with Crippen LogP contribution in [0.3, 0.4) is 0 Å². The maximum absolute atomic E-state index is 12.0. The molecule has 2 nitrogen and oxygen atoms in total. The predicted octanol–water partition coefficient (Wildman–Crippen LogP) is 3.96. The van der Waals surface area contributed by atoms with E-state index in [4.69, 9.17) is 11.6 Å². The van der Waals surface area contributed by atoms with Crippen molar-refractivity contribution in [3.63, 3.8) is 0 Å². The average Bonchev–Trinajstić information content (AvgIpc) is 2.45. The molecule has 1 amide bonds. The van der Waals surface area contributed by atoms with Crippen LogP contribution in [0.15, 0.2) is 48.5 Å². The molecule has 0 aliphatic rings. The van der Waals surface area contributed by atoms with Crippen molar-refractivity contribution in [3.05, 3.63) is 68.8 Å². The molecular weight excluding hydrogens is 373 g/mol. The van der Waals surface area contributed by atoms with Crippen molar-refractivity contribution in [2.24, 2.45) is 0 Å². The average molecular weight is 386 g/mol. The summed E-state index contributed by atoms with van der Waals surface area (Å²) >= 11 is 7.93. The first kappa shape index (κ1) is 14.3. The number of alkyl halides is 1. The molecule has 0 aromatic heterocycles. The molecule has 2 aromatic carbocycles. The van der Waals surface area contributed by atoms with Gasteiger partial charge in [0.15, 0.2) is 0 Å². The highest BCUT2D eigenvalue weighted by molar-refractivity contribution is 14.1. The van der Waals surface area contributed by atoms with Crippen LogP contribution in [-0.4, -0.2) is 5.91 Å². The van der Waals surface area contributed by atoms with Gasteiger partial charge in [0, 0.05) is 21.6 Å². The van der Waals surface area contributed by atoms with Gasteiger partial charge >= 0.3 is 0 Å². The van der Waals surface area contributed by atoms with Crippen molar-refractivity contribution in [1.29, 1.82) is 0 Å². The second-order valence-electron chi connectivity index (χ2n) is 4.14. The lowest BCUT2D eigenvalue weighted by molar-refractivity contribution is 0.0951. The van der Waals surface area contributed by atoms with Gasteiger partial charge in [0.1, 0.15) is 0 Å². The number of carbonyl (C=O) groups is 1. The summed E-state index contributed by atoms with van der Waals surface area (Å²) in [4.78, 5) is 12.0. The Labute approximate surface area is 131 Å². The van der Waals surface area contributed by atoms with E-state index >= 15 is 0 Å². The van der Waals surface area contributed by atoms with Gasteiger partial charge in [-0.3, -0.25) is 4.79 Å². The van der Waals surface area contributed by atoms with E-state index in [-0.39, 0.29) is 5.91 Å². The largest absolute Gasteiger partial charge is 0.348 e. The highest BCUT2D eigenvalue weighted by Crippen LogP contribution is 2.09. The number of carbonyl (C=O) groups excluding carboxylic acids is 1. The van der Waals surface area contributed by atoms with E-state index in [1.165, 1.54) is 0 Å². The van der Waals surface area contributed by atoms with E-state index in [2.05, 4.69) is 27.9 Å². The molecule has 2 aromatic rings. The third-order valence-electron chi connectivity index (χ3n) is 2.72. The number of benzene rings is 2. The monoisotopic (exact) mass is 385 g/mol. The summed E-state index contributed by atoms with van der Waals surface area (Å²) in [5, 5.41) is 2.90. The Morgan fingerprint density at radius 3 is 2.42 bits per heavy atom. The molecule has 0 spiro atoms. The maximum Gasteiger partial charge on any atom is 0.251 e. The molecular formula is C15H13ClINO. The van der Waals surface area contributed by atoms with Crippen molar-refractivity contribution in [2.45, 2.75) is 12.4 Å². The Kier molecular flexibility index (Phi) is 5.22. The number of hydrogen-bond donors (Lipinski definition) is 1. The zero-order valence-corrected chi connectivity index (χ0v) is 13.1. The van der Waals surface area contributed by atoms with Gasteiger partial charge in [-0.2, -0.15) is 0 Å². The molecule has 4 heteroatoms. The molecule has 0 aliphatic heterocycles. The molecule has 0 fully saturated rings. The Balaban J connectivity index is 1.96. The topological polar surface area (TPSA) is 29.1 Å². The number of amides is 1. The fourth-order valence-corrected chi connectivity index (χ4v) is 2.38. The summed E-state index contributed by atoms with van der Waals surface area (Å²) in [6.07, 6.45) is 0. The van der Waals surface area contributed by atoms with E-state index in [0.717, 1.165) is 14.7 Å². The Bertz CT molecular complexity index is 569.